The lowest BCUT2D eigenvalue weighted by Gasteiger charge is -2.15. The molecule has 10 nitrogen and oxygen atoms in total. The maximum absolute atomic E-state index is 12.1. The van der Waals surface area contributed by atoms with Crippen LogP contribution in [0.5, 0.6) is 11.5 Å². The van der Waals surface area contributed by atoms with Crippen molar-refractivity contribution in [2.45, 2.75) is 13.0 Å². The van der Waals surface area contributed by atoms with Crippen LogP contribution in [0.3, 0.4) is 0 Å². The summed E-state index contributed by atoms with van der Waals surface area (Å²) in [4.78, 5) is 34.3. The van der Waals surface area contributed by atoms with Crippen molar-refractivity contribution in [3.05, 3.63) is 57.6 Å². The van der Waals surface area contributed by atoms with E-state index < -0.39 is 22.8 Å². The van der Waals surface area contributed by atoms with E-state index in [2.05, 4.69) is 10.6 Å². The van der Waals surface area contributed by atoms with Gasteiger partial charge in [-0.3, -0.25) is 19.7 Å². The van der Waals surface area contributed by atoms with Crippen LogP contribution in [0.25, 0.3) is 0 Å². The van der Waals surface area contributed by atoms with Crippen LogP contribution in [0.4, 0.5) is 11.4 Å². The lowest BCUT2D eigenvalue weighted by molar-refractivity contribution is -0.384. The van der Waals surface area contributed by atoms with E-state index in [0.717, 1.165) is 0 Å². The van der Waals surface area contributed by atoms with Gasteiger partial charge in [-0.2, -0.15) is 0 Å². The van der Waals surface area contributed by atoms with Gasteiger partial charge >= 0.3 is 11.8 Å². The third-order valence-electron chi connectivity index (χ3n) is 4.13. The van der Waals surface area contributed by atoms with Crippen molar-refractivity contribution in [1.29, 1.82) is 0 Å². The summed E-state index contributed by atoms with van der Waals surface area (Å²) < 4.78 is 10.3. The average Bonchev–Trinajstić information content (AvgIpc) is 2.72. The molecule has 29 heavy (non-hydrogen) atoms. The summed E-state index contributed by atoms with van der Waals surface area (Å²) in [6, 6.07) is 8.69. The second-order valence-corrected chi connectivity index (χ2v) is 6.05. The number of ether oxygens (including phenoxy) is 2. The topological polar surface area (TPSA) is 140 Å². The molecule has 2 amide bonds. The molecule has 0 aliphatic carbocycles. The van der Waals surface area contributed by atoms with Crippen LogP contribution in [-0.2, 0) is 9.59 Å². The second-order valence-electron chi connectivity index (χ2n) is 6.05. The van der Waals surface area contributed by atoms with Gasteiger partial charge in [0.1, 0.15) is 0 Å². The third-order valence-corrected chi connectivity index (χ3v) is 4.13. The summed E-state index contributed by atoms with van der Waals surface area (Å²) in [5.74, 6) is -1.10. The molecule has 0 aromatic heterocycles. The number of aliphatic hydroxyl groups excluding tert-OH is 1. The fraction of sp³-hybridized carbons (Fsp3) is 0.263. The van der Waals surface area contributed by atoms with Gasteiger partial charge in [0, 0.05) is 18.7 Å². The molecule has 154 valence electrons. The number of rotatable bonds is 7. The predicted octanol–water partition coefficient (Wildman–Crippen LogP) is 1.71. The molecule has 2 aromatic carbocycles. The highest BCUT2D eigenvalue weighted by Gasteiger charge is 2.19. The van der Waals surface area contributed by atoms with Crippen LogP contribution in [0.15, 0.2) is 36.4 Å². The average molecular weight is 403 g/mol. The van der Waals surface area contributed by atoms with Gasteiger partial charge in [-0.1, -0.05) is 12.1 Å². The molecule has 0 saturated heterocycles. The zero-order valence-electron chi connectivity index (χ0n) is 16.1. The van der Waals surface area contributed by atoms with E-state index in [9.17, 15) is 24.8 Å². The van der Waals surface area contributed by atoms with Crippen molar-refractivity contribution in [2.24, 2.45) is 0 Å². The maximum atomic E-state index is 12.1. The third kappa shape index (κ3) is 5.42. The molecule has 3 N–H and O–H groups in total. The SMILES string of the molecule is COc1ccc(C(O)CNC(=O)C(=O)Nc2cc([N+](=O)[O-])ccc2C)cc1OC. The van der Waals surface area contributed by atoms with Crippen molar-refractivity contribution in [2.75, 3.05) is 26.1 Å². The summed E-state index contributed by atoms with van der Waals surface area (Å²) in [7, 11) is 2.94. The Hall–Kier alpha value is -3.66. The number of anilines is 1. The van der Waals surface area contributed by atoms with E-state index in [4.69, 9.17) is 9.47 Å². The molecule has 2 aromatic rings. The highest BCUT2D eigenvalue weighted by Crippen LogP contribution is 2.29. The Labute approximate surface area is 166 Å². The van der Waals surface area contributed by atoms with Gasteiger partial charge < -0.3 is 25.2 Å². The monoisotopic (exact) mass is 403 g/mol. The zero-order valence-corrected chi connectivity index (χ0v) is 16.1. The van der Waals surface area contributed by atoms with Gasteiger partial charge in [-0.05, 0) is 30.2 Å². The summed E-state index contributed by atoms with van der Waals surface area (Å²) in [5.41, 5.74) is 0.954. The number of hydrogen-bond donors (Lipinski definition) is 3. The number of nitrogens with one attached hydrogen (secondary N) is 2. The van der Waals surface area contributed by atoms with Gasteiger partial charge in [-0.15, -0.1) is 0 Å². The lowest BCUT2D eigenvalue weighted by Crippen LogP contribution is -2.37. The molecule has 0 aliphatic heterocycles. The molecule has 0 heterocycles. The van der Waals surface area contributed by atoms with E-state index in [1.165, 1.54) is 32.4 Å². The van der Waals surface area contributed by atoms with E-state index in [0.29, 0.717) is 22.6 Å². The Morgan fingerprint density at radius 1 is 1.10 bits per heavy atom. The number of nitro benzene ring substituents is 1. The fourth-order valence-electron chi connectivity index (χ4n) is 2.48. The molecule has 10 heteroatoms. The molecule has 0 fully saturated rings. The van der Waals surface area contributed by atoms with E-state index in [1.54, 1.807) is 25.1 Å². The smallest absolute Gasteiger partial charge is 0.313 e. The minimum absolute atomic E-state index is 0.153. The number of benzene rings is 2. The number of hydrogen-bond acceptors (Lipinski definition) is 7. The molecule has 0 bridgehead atoms. The Morgan fingerprint density at radius 2 is 1.79 bits per heavy atom. The molecule has 0 aliphatic rings. The summed E-state index contributed by atoms with van der Waals surface area (Å²) in [6.07, 6.45) is -1.09. The molecule has 1 atom stereocenters. The van der Waals surface area contributed by atoms with Crippen LogP contribution in [0, 0.1) is 17.0 Å². The van der Waals surface area contributed by atoms with Crippen LogP contribution >= 0.6 is 0 Å². The van der Waals surface area contributed by atoms with Crippen molar-refractivity contribution in [3.8, 4) is 11.5 Å². The number of aryl methyl sites for hydroxylation is 1. The minimum Gasteiger partial charge on any atom is -0.493 e. The first-order chi connectivity index (χ1) is 13.8. The van der Waals surface area contributed by atoms with Crippen LogP contribution in [0.1, 0.15) is 17.2 Å². The predicted molar refractivity (Wildman–Crippen MR) is 104 cm³/mol. The highest BCUT2D eigenvalue weighted by molar-refractivity contribution is 6.39. The first-order valence-electron chi connectivity index (χ1n) is 8.51. The summed E-state index contributed by atoms with van der Waals surface area (Å²) in [6.45, 7) is 1.41. The lowest BCUT2D eigenvalue weighted by atomic mass is 10.1. The Balaban J connectivity index is 1.99. The molecule has 0 saturated carbocycles. The van der Waals surface area contributed by atoms with E-state index in [-0.39, 0.29) is 17.9 Å². The van der Waals surface area contributed by atoms with Crippen molar-refractivity contribution in [1.82, 2.24) is 5.32 Å². The normalized spacial score (nSPS) is 11.3. The van der Waals surface area contributed by atoms with Gasteiger partial charge in [0.05, 0.1) is 30.9 Å². The number of aliphatic hydroxyl groups is 1. The first kappa shape index (κ1) is 21.6. The quantitative estimate of drug-likeness (QED) is 0.363. The molecule has 0 spiro atoms. The van der Waals surface area contributed by atoms with E-state index in [1.807, 2.05) is 0 Å². The number of carbonyl (C=O) groups excluding carboxylic acids is 2. The second kappa shape index (κ2) is 9.51. The number of non-ortho nitro benzene ring substituents is 1. The van der Waals surface area contributed by atoms with Gasteiger partial charge in [0.2, 0.25) is 0 Å². The number of nitro groups is 1. The van der Waals surface area contributed by atoms with Crippen LogP contribution in [0.2, 0.25) is 0 Å². The number of carbonyl (C=O) groups is 2. The number of methoxy groups -OCH3 is 2. The summed E-state index contributed by atoms with van der Waals surface area (Å²) in [5, 5.41) is 25.7. The maximum Gasteiger partial charge on any atom is 0.313 e. The van der Waals surface area contributed by atoms with Crippen molar-refractivity contribution in [3.63, 3.8) is 0 Å². The number of amides is 2. The molecule has 2 rings (SSSR count). The van der Waals surface area contributed by atoms with Crippen LogP contribution in [-0.4, -0.2) is 42.6 Å². The largest absolute Gasteiger partial charge is 0.493 e. The summed E-state index contributed by atoms with van der Waals surface area (Å²) >= 11 is 0. The molecule has 0 radical (unpaired) electrons. The zero-order chi connectivity index (χ0) is 21.6. The highest BCUT2D eigenvalue weighted by atomic mass is 16.6. The Bertz CT molecular complexity index is 930. The number of nitrogens with zero attached hydrogens (tertiary/aromatic N) is 1. The van der Waals surface area contributed by atoms with Crippen molar-refractivity contribution >= 4 is 23.2 Å². The molecular weight excluding hydrogens is 382 g/mol. The fourth-order valence-corrected chi connectivity index (χ4v) is 2.48. The Kier molecular flexibility index (Phi) is 7.10. The molecule has 1 unspecified atom stereocenters. The van der Waals surface area contributed by atoms with Crippen LogP contribution < -0.4 is 20.1 Å². The minimum atomic E-state index is -1.09. The Morgan fingerprint density at radius 3 is 2.41 bits per heavy atom. The molecular formula is C19H21N3O7. The van der Waals surface area contributed by atoms with Gasteiger partial charge in [-0.25, -0.2) is 0 Å². The van der Waals surface area contributed by atoms with Crippen molar-refractivity contribution < 1.29 is 29.1 Å². The first-order valence-corrected chi connectivity index (χ1v) is 8.51. The standard InChI is InChI=1S/C19H21N3O7/c1-11-4-6-13(22(26)27)9-14(11)21-19(25)18(24)20-10-15(23)12-5-7-16(28-2)17(8-12)29-3/h4-9,15,23H,10H2,1-3H3,(H,20,24)(H,21,25). The van der Waals surface area contributed by atoms with Gasteiger partial charge in [0.15, 0.2) is 11.5 Å². The van der Waals surface area contributed by atoms with Gasteiger partial charge in [0.25, 0.3) is 5.69 Å². The van der Waals surface area contributed by atoms with E-state index >= 15 is 0 Å².